The smallest absolute Gasteiger partial charge is 0.336 e. The van der Waals surface area contributed by atoms with E-state index in [1.807, 2.05) is 0 Å². The van der Waals surface area contributed by atoms with Gasteiger partial charge in [-0.05, 0) is 35.9 Å². The van der Waals surface area contributed by atoms with Crippen molar-refractivity contribution in [2.45, 2.75) is 0 Å². The van der Waals surface area contributed by atoms with Crippen LogP contribution in [-0.4, -0.2) is 25.3 Å². The first-order chi connectivity index (χ1) is 11.0. The normalized spacial score (nSPS) is 11.2. The number of hydrogen-bond donors (Lipinski definition) is 1. The monoisotopic (exact) mass is 336 g/mol. The minimum atomic E-state index is -1.21. The van der Waals surface area contributed by atoms with Gasteiger partial charge in [-0.25, -0.2) is 9.18 Å². The van der Waals surface area contributed by atoms with E-state index in [1.165, 1.54) is 44.6 Å². The average molecular weight is 337 g/mol. The van der Waals surface area contributed by atoms with Gasteiger partial charge in [-0.15, -0.1) is 0 Å². The molecule has 0 amide bonds. The molecule has 2 rings (SSSR count). The molecule has 0 unspecified atom stereocenters. The molecule has 4 nitrogen and oxygen atoms in total. The number of carboxylic acids is 1. The predicted molar refractivity (Wildman–Crippen MR) is 86.5 cm³/mol. The van der Waals surface area contributed by atoms with Gasteiger partial charge in [0.2, 0.25) is 0 Å². The molecule has 120 valence electrons. The Morgan fingerprint density at radius 2 is 1.87 bits per heavy atom. The third-order valence-corrected chi connectivity index (χ3v) is 3.54. The van der Waals surface area contributed by atoms with E-state index in [4.69, 9.17) is 21.1 Å². The van der Waals surface area contributed by atoms with Crippen LogP contribution in [0.25, 0.3) is 11.6 Å². The molecule has 0 aliphatic rings. The lowest BCUT2D eigenvalue weighted by atomic mass is 10.0. The third kappa shape index (κ3) is 3.63. The fourth-order valence-corrected chi connectivity index (χ4v) is 2.28. The second kappa shape index (κ2) is 7.15. The van der Waals surface area contributed by atoms with Crippen LogP contribution in [0, 0.1) is 5.82 Å². The first-order valence-electron chi connectivity index (χ1n) is 6.59. The maximum Gasteiger partial charge on any atom is 0.336 e. The summed E-state index contributed by atoms with van der Waals surface area (Å²) in [6, 6.07) is 8.79. The average Bonchev–Trinajstić information content (AvgIpc) is 2.53. The quantitative estimate of drug-likeness (QED) is 0.659. The molecule has 6 heteroatoms. The number of benzene rings is 2. The van der Waals surface area contributed by atoms with Gasteiger partial charge < -0.3 is 14.6 Å². The summed E-state index contributed by atoms with van der Waals surface area (Å²) in [6.07, 6.45) is 1.20. The van der Waals surface area contributed by atoms with Crippen LogP contribution in [0.5, 0.6) is 11.5 Å². The van der Waals surface area contributed by atoms with Gasteiger partial charge in [0.15, 0.2) is 11.5 Å². The Hall–Kier alpha value is -2.53. The van der Waals surface area contributed by atoms with Crippen LogP contribution < -0.4 is 9.47 Å². The first-order valence-corrected chi connectivity index (χ1v) is 6.97. The van der Waals surface area contributed by atoms with Gasteiger partial charge in [-0.2, -0.15) is 0 Å². The second-order valence-electron chi connectivity index (χ2n) is 4.57. The maximum atomic E-state index is 13.9. The highest BCUT2D eigenvalue weighted by atomic mass is 35.5. The Kier molecular flexibility index (Phi) is 5.24. The fraction of sp³-hybridized carbons (Fsp3) is 0.118. The number of carboxylic acid groups (broad SMARTS) is 1. The van der Waals surface area contributed by atoms with Gasteiger partial charge in [0.25, 0.3) is 0 Å². The topological polar surface area (TPSA) is 55.8 Å². The molecule has 0 heterocycles. The molecular weight excluding hydrogens is 323 g/mol. The number of ether oxygens (including phenoxy) is 2. The third-order valence-electron chi connectivity index (χ3n) is 3.21. The Bertz CT molecular complexity index is 751. The molecule has 2 aromatic carbocycles. The van der Waals surface area contributed by atoms with Crippen LogP contribution in [0.1, 0.15) is 11.1 Å². The summed E-state index contributed by atoms with van der Waals surface area (Å²) in [5.74, 6) is -0.977. The van der Waals surface area contributed by atoms with Crippen molar-refractivity contribution in [2.75, 3.05) is 14.2 Å². The summed E-state index contributed by atoms with van der Waals surface area (Å²) in [4.78, 5) is 11.6. The highest BCUT2D eigenvalue weighted by molar-refractivity contribution is 6.33. The summed E-state index contributed by atoms with van der Waals surface area (Å²) in [5.41, 5.74) is 0.244. The number of methoxy groups -OCH3 is 2. The van der Waals surface area contributed by atoms with E-state index in [-0.39, 0.29) is 16.2 Å². The van der Waals surface area contributed by atoms with Crippen LogP contribution in [0.4, 0.5) is 4.39 Å². The van der Waals surface area contributed by atoms with E-state index in [9.17, 15) is 14.3 Å². The number of halogens is 2. The molecule has 0 bridgehead atoms. The molecule has 0 saturated heterocycles. The van der Waals surface area contributed by atoms with Crippen molar-refractivity contribution in [1.29, 1.82) is 0 Å². The van der Waals surface area contributed by atoms with E-state index in [2.05, 4.69) is 0 Å². The second-order valence-corrected chi connectivity index (χ2v) is 4.98. The molecule has 2 aromatic rings. The summed E-state index contributed by atoms with van der Waals surface area (Å²) in [6.45, 7) is 0. The van der Waals surface area contributed by atoms with E-state index in [0.29, 0.717) is 17.1 Å². The highest BCUT2D eigenvalue weighted by Crippen LogP contribution is 2.32. The lowest BCUT2D eigenvalue weighted by Gasteiger charge is -2.10. The van der Waals surface area contributed by atoms with Gasteiger partial charge in [-0.1, -0.05) is 23.7 Å². The van der Waals surface area contributed by atoms with Gasteiger partial charge in [0.05, 0.1) is 24.8 Å². The lowest BCUT2D eigenvalue weighted by Crippen LogP contribution is -2.01. The van der Waals surface area contributed by atoms with Crippen molar-refractivity contribution >= 4 is 29.2 Å². The molecular formula is C17H14ClFO4. The van der Waals surface area contributed by atoms with Crippen LogP contribution >= 0.6 is 11.6 Å². The minimum Gasteiger partial charge on any atom is -0.493 e. The Morgan fingerprint density at radius 3 is 2.43 bits per heavy atom. The van der Waals surface area contributed by atoms with E-state index < -0.39 is 11.8 Å². The summed E-state index contributed by atoms with van der Waals surface area (Å²) >= 11 is 5.95. The first kappa shape index (κ1) is 16.8. The predicted octanol–water partition coefficient (Wildman–Crippen LogP) is 4.12. The van der Waals surface area contributed by atoms with Crippen molar-refractivity contribution in [1.82, 2.24) is 0 Å². The zero-order chi connectivity index (χ0) is 17.0. The highest BCUT2D eigenvalue weighted by Gasteiger charge is 2.16. The van der Waals surface area contributed by atoms with Crippen molar-refractivity contribution < 1.29 is 23.8 Å². The molecule has 0 fully saturated rings. The molecule has 23 heavy (non-hydrogen) atoms. The largest absolute Gasteiger partial charge is 0.493 e. The SMILES string of the molecule is COc1ccc(/C(=C/c2c(F)cccc2Cl)C(=O)O)cc1OC. The van der Waals surface area contributed by atoms with Crippen molar-refractivity contribution in [3.63, 3.8) is 0 Å². The van der Waals surface area contributed by atoms with E-state index in [1.54, 1.807) is 12.1 Å². The number of rotatable bonds is 5. The summed E-state index contributed by atoms with van der Waals surface area (Å²) in [5, 5.41) is 9.58. The summed E-state index contributed by atoms with van der Waals surface area (Å²) in [7, 11) is 2.92. The van der Waals surface area contributed by atoms with E-state index in [0.717, 1.165) is 0 Å². The Labute approximate surface area is 137 Å². The molecule has 0 spiro atoms. The molecule has 0 aromatic heterocycles. The van der Waals surface area contributed by atoms with Gasteiger partial charge in [-0.3, -0.25) is 0 Å². The summed E-state index contributed by atoms with van der Waals surface area (Å²) < 4.78 is 24.2. The Morgan fingerprint density at radius 1 is 1.17 bits per heavy atom. The van der Waals surface area contributed by atoms with Crippen LogP contribution in [-0.2, 0) is 4.79 Å². The van der Waals surface area contributed by atoms with Crippen molar-refractivity contribution in [2.24, 2.45) is 0 Å². The standard InChI is InChI=1S/C17H14ClFO4/c1-22-15-7-6-10(8-16(15)23-2)11(17(20)21)9-12-13(18)4-3-5-14(12)19/h3-9H,1-2H3,(H,20,21)/b11-9-. The fourth-order valence-electron chi connectivity index (χ4n) is 2.07. The Balaban J connectivity index is 2.60. The van der Waals surface area contributed by atoms with Gasteiger partial charge in [0, 0.05) is 5.56 Å². The molecule has 0 saturated carbocycles. The number of aliphatic carboxylic acids is 1. The lowest BCUT2D eigenvalue weighted by molar-refractivity contribution is -0.130. The molecule has 1 N–H and O–H groups in total. The zero-order valence-corrected chi connectivity index (χ0v) is 13.2. The van der Waals surface area contributed by atoms with E-state index >= 15 is 0 Å². The van der Waals surface area contributed by atoms with Crippen LogP contribution in [0.3, 0.4) is 0 Å². The van der Waals surface area contributed by atoms with Crippen LogP contribution in [0.15, 0.2) is 36.4 Å². The number of hydrogen-bond acceptors (Lipinski definition) is 3. The number of carbonyl (C=O) groups is 1. The molecule has 0 aliphatic carbocycles. The molecule has 0 aliphatic heterocycles. The van der Waals surface area contributed by atoms with Gasteiger partial charge >= 0.3 is 5.97 Å². The minimum absolute atomic E-state index is 0.0151. The molecule has 0 radical (unpaired) electrons. The van der Waals surface area contributed by atoms with Crippen LogP contribution in [0.2, 0.25) is 5.02 Å². The maximum absolute atomic E-state index is 13.9. The van der Waals surface area contributed by atoms with Crippen molar-refractivity contribution in [3.05, 3.63) is 58.4 Å². The zero-order valence-electron chi connectivity index (χ0n) is 12.5. The van der Waals surface area contributed by atoms with Crippen molar-refractivity contribution in [3.8, 4) is 11.5 Å². The molecule has 0 atom stereocenters. The van der Waals surface area contributed by atoms with Gasteiger partial charge in [0.1, 0.15) is 5.82 Å².